The summed E-state index contributed by atoms with van der Waals surface area (Å²) in [5, 5.41) is 13.5. The van der Waals surface area contributed by atoms with E-state index < -0.39 is 10.8 Å². The van der Waals surface area contributed by atoms with Crippen molar-refractivity contribution in [1.29, 1.82) is 0 Å². The maximum absolute atomic E-state index is 12.8. The lowest BCUT2D eigenvalue weighted by atomic mass is 10.1. The molecule has 0 aliphatic heterocycles. The van der Waals surface area contributed by atoms with Crippen molar-refractivity contribution in [2.45, 2.75) is 6.92 Å². The number of rotatable bonds is 6. The van der Waals surface area contributed by atoms with Crippen molar-refractivity contribution < 1.29 is 14.5 Å². The molecule has 7 heteroatoms. The maximum atomic E-state index is 12.8. The van der Waals surface area contributed by atoms with E-state index in [4.69, 9.17) is 0 Å². The minimum Gasteiger partial charge on any atom is -0.322 e. The predicted octanol–water partition coefficient (Wildman–Crippen LogP) is 4.51. The van der Waals surface area contributed by atoms with Crippen molar-refractivity contribution in [3.05, 3.63) is 100 Å². The Morgan fingerprint density at radius 2 is 1.62 bits per heavy atom. The zero-order valence-corrected chi connectivity index (χ0v) is 15.7. The second-order valence-electron chi connectivity index (χ2n) is 6.22. The van der Waals surface area contributed by atoms with Crippen molar-refractivity contribution in [2.75, 3.05) is 16.8 Å². The van der Waals surface area contributed by atoms with E-state index in [-0.39, 0.29) is 17.2 Å². The first-order valence-electron chi connectivity index (χ1n) is 9.02. The van der Waals surface area contributed by atoms with Crippen LogP contribution in [-0.2, 0) is 0 Å². The Morgan fingerprint density at radius 3 is 2.24 bits per heavy atom. The largest absolute Gasteiger partial charge is 0.322 e. The Kier molecular flexibility index (Phi) is 5.99. The molecular formula is C22H19N3O4. The van der Waals surface area contributed by atoms with Gasteiger partial charge < -0.3 is 10.2 Å². The van der Waals surface area contributed by atoms with Crippen LogP contribution in [-0.4, -0.2) is 23.3 Å². The van der Waals surface area contributed by atoms with Crippen molar-refractivity contribution in [1.82, 2.24) is 0 Å². The molecule has 3 aromatic carbocycles. The Morgan fingerprint density at radius 1 is 0.931 bits per heavy atom. The zero-order valence-electron chi connectivity index (χ0n) is 15.7. The van der Waals surface area contributed by atoms with E-state index in [9.17, 15) is 19.7 Å². The van der Waals surface area contributed by atoms with Gasteiger partial charge in [-0.15, -0.1) is 0 Å². The molecule has 0 bridgehead atoms. The van der Waals surface area contributed by atoms with E-state index in [0.717, 1.165) is 5.69 Å². The van der Waals surface area contributed by atoms with E-state index in [1.165, 1.54) is 24.3 Å². The van der Waals surface area contributed by atoms with Crippen LogP contribution in [0.1, 0.15) is 27.6 Å². The van der Waals surface area contributed by atoms with Gasteiger partial charge in [0, 0.05) is 41.2 Å². The summed E-state index contributed by atoms with van der Waals surface area (Å²) in [7, 11) is 0. The first-order chi connectivity index (χ1) is 14.0. The number of hydrogen-bond acceptors (Lipinski definition) is 4. The van der Waals surface area contributed by atoms with Crippen molar-refractivity contribution in [2.24, 2.45) is 0 Å². The SMILES string of the molecule is CCN(C(=O)c1ccc(NC(=O)c2cccc([N+](=O)[O-])c2)cc1)c1ccccc1. The van der Waals surface area contributed by atoms with Crippen LogP contribution in [0.5, 0.6) is 0 Å². The third-order valence-corrected chi connectivity index (χ3v) is 4.34. The molecule has 0 aliphatic carbocycles. The summed E-state index contributed by atoms with van der Waals surface area (Å²) in [6, 6.07) is 21.4. The van der Waals surface area contributed by atoms with E-state index in [2.05, 4.69) is 5.32 Å². The molecule has 0 atom stereocenters. The summed E-state index contributed by atoms with van der Waals surface area (Å²) in [5.41, 5.74) is 1.81. The van der Waals surface area contributed by atoms with Gasteiger partial charge in [0.25, 0.3) is 17.5 Å². The number of nitrogens with one attached hydrogen (secondary N) is 1. The number of para-hydroxylation sites is 1. The number of hydrogen-bond donors (Lipinski definition) is 1. The Bertz CT molecular complexity index is 1030. The van der Waals surface area contributed by atoms with Gasteiger partial charge in [0.2, 0.25) is 0 Å². The highest BCUT2D eigenvalue weighted by Gasteiger charge is 2.16. The van der Waals surface area contributed by atoms with Crippen LogP contribution in [0.2, 0.25) is 0 Å². The van der Waals surface area contributed by atoms with Gasteiger partial charge in [0.15, 0.2) is 0 Å². The molecule has 0 radical (unpaired) electrons. The summed E-state index contributed by atoms with van der Waals surface area (Å²) >= 11 is 0. The lowest BCUT2D eigenvalue weighted by molar-refractivity contribution is -0.384. The van der Waals surface area contributed by atoms with Crippen LogP contribution in [0.3, 0.4) is 0 Å². The van der Waals surface area contributed by atoms with Crippen LogP contribution < -0.4 is 10.2 Å². The summed E-state index contributed by atoms with van der Waals surface area (Å²) < 4.78 is 0. The minimum absolute atomic E-state index is 0.143. The number of nitrogens with zero attached hydrogens (tertiary/aromatic N) is 2. The first kappa shape index (κ1) is 19.8. The lowest BCUT2D eigenvalue weighted by Gasteiger charge is -2.21. The van der Waals surface area contributed by atoms with Gasteiger partial charge >= 0.3 is 0 Å². The molecule has 3 aromatic rings. The van der Waals surface area contributed by atoms with Gasteiger partial charge in [-0.25, -0.2) is 0 Å². The highest BCUT2D eigenvalue weighted by atomic mass is 16.6. The fraction of sp³-hybridized carbons (Fsp3) is 0.0909. The standard InChI is InChI=1S/C22H19N3O4/c1-2-24(19-8-4-3-5-9-19)22(27)16-11-13-18(14-12-16)23-21(26)17-7-6-10-20(15-17)25(28)29/h3-15H,2H2,1H3,(H,23,26). The third kappa shape index (κ3) is 4.65. The molecule has 1 N–H and O–H groups in total. The average molecular weight is 389 g/mol. The van der Waals surface area contributed by atoms with E-state index >= 15 is 0 Å². The van der Waals surface area contributed by atoms with Gasteiger partial charge in [0.05, 0.1) is 4.92 Å². The smallest absolute Gasteiger partial charge is 0.270 e. The second-order valence-corrected chi connectivity index (χ2v) is 6.22. The summed E-state index contributed by atoms with van der Waals surface area (Å²) in [5.74, 6) is -0.609. The van der Waals surface area contributed by atoms with Crippen molar-refractivity contribution in [3.8, 4) is 0 Å². The number of nitro groups is 1. The molecular weight excluding hydrogens is 370 g/mol. The molecule has 0 heterocycles. The van der Waals surface area contributed by atoms with E-state index in [1.807, 2.05) is 37.3 Å². The topological polar surface area (TPSA) is 92.6 Å². The van der Waals surface area contributed by atoms with Gasteiger partial charge in [-0.3, -0.25) is 19.7 Å². The Labute approximate surface area is 167 Å². The van der Waals surface area contributed by atoms with Gasteiger partial charge in [-0.05, 0) is 49.4 Å². The van der Waals surface area contributed by atoms with E-state index in [1.54, 1.807) is 29.2 Å². The van der Waals surface area contributed by atoms with Gasteiger partial charge in [-0.1, -0.05) is 24.3 Å². The number of benzene rings is 3. The molecule has 2 amide bonds. The third-order valence-electron chi connectivity index (χ3n) is 4.34. The van der Waals surface area contributed by atoms with Crippen molar-refractivity contribution in [3.63, 3.8) is 0 Å². The number of anilines is 2. The molecule has 3 rings (SSSR count). The van der Waals surface area contributed by atoms with E-state index in [0.29, 0.717) is 17.8 Å². The Balaban J connectivity index is 1.73. The molecule has 0 aromatic heterocycles. The fourth-order valence-electron chi connectivity index (χ4n) is 2.87. The summed E-state index contributed by atoms with van der Waals surface area (Å²) in [6.07, 6.45) is 0. The van der Waals surface area contributed by atoms with Crippen LogP contribution in [0.25, 0.3) is 0 Å². The number of non-ortho nitro benzene ring substituents is 1. The second kappa shape index (κ2) is 8.79. The first-order valence-corrected chi connectivity index (χ1v) is 9.02. The average Bonchev–Trinajstić information content (AvgIpc) is 2.75. The number of carbonyl (C=O) groups is 2. The highest BCUT2D eigenvalue weighted by molar-refractivity contribution is 6.07. The van der Waals surface area contributed by atoms with Crippen molar-refractivity contribution >= 4 is 28.9 Å². The number of amides is 2. The predicted molar refractivity (Wildman–Crippen MR) is 111 cm³/mol. The quantitative estimate of drug-likeness (QED) is 0.496. The monoisotopic (exact) mass is 389 g/mol. The molecule has 0 fully saturated rings. The molecule has 146 valence electrons. The molecule has 29 heavy (non-hydrogen) atoms. The molecule has 7 nitrogen and oxygen atoms in total. The molecule has 0 saturated heterocycles. The number of nitro benzene ring substituents is 1. The normalized spacial score (nSPS) is 10.2. The molecule has 0 unspecified atom stereocenters. The van der Waals surface area contributed by atoms with Crippen LogP contribution >= 0.6 is 0 Å². The summed E-state index contributed by atoms with van der Waals surface area (Å²) in [6.45, 7) is 2.42. The molecule has 0 spiro atoms. The van der Waals surface area contributed by atoms with Gasteiger partial charge in [0.1, 0.15) is 0 Å². The molecule has 0 saturated carbocycles. The zero-order chi connectivity index (χ0) is 20.8. The van der Waals surface area contributed by atoms with Crippen LogP contribution in [0, 0.1) is 10.1 Å². The lowest BCUT2D eigenvalue weighted by Crippen LogP contribution is -2.30. The van der Waals surface area contributed by atoms with Crippen LogP contribution in [0.15, 0.2) is 78.9 Å². The summed E-state index contributed by atoms with van der Waals surface area (Å²) in [4.78, 5) is 37.1. The number of carbonyl (C=O) groups excluding carboxylic acids is 2. The van der Waals surface area contributed by atoms with Crippen LogP contribution in [0.4, 0.5) is 17.1 Å². The van der Waals surface area contributed by atoms with Gasteiger partial charge in [-0.2, -0.15) is 0 Å². The fourth-order valence-corrected chi connectivity index (χ4v) is 2.87. The Hall–Kier alpha value is -4.00. The minimum atomic E-state index is -0.552. The maximum Gasteiger partial charge on any atom is 0.270 e. The highest BCUT2D eigenvalue weighted by Crippen LogP contribution is 2.19. The molecule has 0 aliphatic rings.